The molecule has 0 saturated carbocycles. The van der Waals surface area contributed by atoms with E-state index in [0.717, 1.165) is 25.1 Å². The van der Waals surface area contributed by atoms with Gasteiger partial charge in [0.2, 0.25) is 0 Å². The van der Waals surface area contributed by atoms with Crippen molar-refractivity contribution in [2.24, 2.45) is 0 Å². The molecule has 2 aromatic rings. The number of halogens is 2. The molecule has 0 aliphatic rings. The number of hydrogen-bond acceptors (Lipinski definition) is 2. The lowest BCUT2D eigenvalue weighted by Gasteiger charge is -2.13. The third-order valence-corrected chi connectivity index (χ3v) is 3.29. The van der Waals surface area contributed by atoms with E-state index < -0.39 is 0 Å². The average Bonchev–Trinajstić information content (AvgIpc) is 2.46. The SMILES string of the molecule is CN(C)c1ccc(CNCCc2ccc(F)cc2)cc1.Cl. The molecule has 2 aromatic carbocycles. The van der Waals surface area contributed by atoms with E-state index in [-0.39, 0.29) is 18.2 Å². The van der Waals surface area contributed by atoms with Crippen LogP contribution in [0, 0.1) is 5.82 Å². The Labute approximate surface area is 132 Å². The molecule has 0 heterocycles. The first-order chi connectivity index (χ1) is 9.65. The molecular weight excluding hydrogens is 287 g/mol. The first-order valence-electron chi connectivity index (χ1n) is 6.86. The van der Waals surface area contributed by atoms with E-state index in [1.165, 1.54) is 23.4 Å². The van der Waals surface area contributed by atoms with Crippen LogP contribution < -0.4 is 10.2 Å². The van der Waals surface area contributed by atoms with Gasteiger partial charge in [0.1, 0.15) is 5.82 Å². The van der Waals surface area contributed by atoms with Crippen molar-refractivity contribution < 1.29 is 4.39 Å². The van der Waals surface area contributed by atoms with Crippen LogP contribution in [-0.2, 0) is 13.0 Å². The molecule has 114 valence electrons. The minimum Gasteiger partial charge on any atom is -0.378 e. The Morgan fingerprint density at radius 1 is 0.905 bits per heavy atom. The average molecular weight is 309 g/mol. The maximum absolute atomic E-state index is 12.8. The minimum absolute atomic E-state index is 0. The second kappa shape index (κ2) is 8.65. The third-order valence-electron chi connectivity index (χ3n) is 3.29. The summed E-state index contributed by atoms with van der Waals surface area (Å²) in [4.78, 5) is 2.09. The predicted octanol–water partition coefficient (Wildman–Crippen LogP) is 3.65. The van der Waals surface area contributed by atoms with Gasteiger partial charge in [0.25, 0.3) is 0 Å². The summed E-state index contributed by atoms with van der Waals surface area (Å²) in [5.74, 6) is -0.178. The lowest BCUT2D eigenvalue weighted by molar-refractivity contribution is 0.626. The topological polar surface area (TPSA) is 15.3 Å². The Morgan fingerprint density at radius 3 is 2.05 bits per heavy atom. The highest BCUT2D eigenvalue weighted by Gasteiger charge is 1.97. The monoisotopic (exact) mass is 308 g/mol. The molecule has 0 unspecified atom stereocenters. The van der Waals surface area contributed by atoms with Gasteiger partial charge in [-0.05, 0) is 48.4 Å². The van der Waals surface area contributed by atoms with Crippen LogP contribution in [0.15, 0.2) is 48.5 Å². The van der Waals surface area contributed by atoms with E-state index in [1.54, 1.807) is 0 Å². The molecule has 2 rings (SSSR count). The molecule has 2 nitrogen and oxygen atoms in total. The van der Waals surface area contributed by atoms with Gasteiger partial charge in [0.15, 0.2) is 0 Å². The quantitative estimate of drug-likeness (QED) is 0.820. The first kappa shape index (κ1) is 17.5. The van der Waals surface area contributed by atoms with Crippen molar-refractivity contribution >= 4 is 18.1 Å². The van der Waals surface area contributed by atoms with Crippen molar-refractivity contribution in [2.75, 3.05) is 25.5 Å². The van der Waals surface area contributed by atoms with Crippen molar-refractivity contribution in [3.8, 4) is 0 Å². The molecule has 1 N–H and O–H groups in total. The third kappa shape index (κ3) is 5.74. The zero-order valence-electron chi connectivity index (χ0n) is 12.5. The Kier molecular flexibility index (Phi) is 7.20. The summed E-state index contributed by atoms with van der Waals surface area (Å²) in [7, 11) is 4.08. The lowest BCUT2D eigenvalue weighted by atomic mass is 10.1. The molecular formula is C17H22ClFN2. The van der Waals surface area contributed by atoms with Crippen molar-refractivity contribution in [3.05, 3.63) is 65.5 Å². The van der Waals surface area contributed by atoms with Gasteiger partial charge in [-0.25, -0.2) is 4.39 Å². The first-order valence-corrected chi connectivity index (χ1v) is 6.86. The molecule has 0 atom stereocenters. The second-order valence-electron chi connectivity index (χ2n) is 5.11. The van der Waals surface area contributed by atoms with Gasteiger partial charge in [-0.2, -0.15) is 0 Å². The minimum atomic E-state index is -0.178. The van der Waals surface area contributed by atoms with Crippen LogP contribution in [0.1, 0.15) is 11.1 Å². The Balaban J connectivity index is 0.00000220. The number of anilines is 1. The fraction of sp³-hybridized carbons (Fsp3) is 0.294. The fourth-order valence-corrected chi connectivity index (χ4v) is 2.03. The summed E-state index contributed by atoms with van der Waals surface area (Å²) >= 11 is 0. The van der Waals surface area contributed by atoms with Crippen molar-refractivity contribution in [1.29, 1.82) is 0 Å². The van der Waals surface area contributed by atoms with Crippen molar-refractivity contribution in [1.82, 2.24) is 5.32 Å². The van der Waals surface area contributed by atoms with Gasteiger partial charge >= 0.3 is 0 Å². The van der Waals surface area contributed by atoms with E-state index in [2.05, 4.69) is 34.5 Å². The Bertz CT molecular complexity index is 523. The van der Waals surface area contributed by atoms with E-state index in [1.807, 2.05) is 26.2 Å². The Morgan fingerprint density at radius 2 is 1.48 bits per heavy atom. The highest BCUT2D eigenvalue weighted by molar-refractivity contribution is 5.85. The molecule has 21 heavy (non-hydrogen) atoms. The van der Waals surface area contributed by atoms with Gasteiger partial charge < -0.3 is 10.2 Å². The number of nitrogens with one attached hydrogen (secondary N) is 1. The van der Waals surface area contributed by atoms with Crippen LogP contribution in [0.2, 0.25) is 0 Å². The molecule has 0 aliphatic carbocycles. The molecule has 4 heteroatoms. The van der Waals surface area contributed by atoms with Crippen LogP contribution in [0.4, 0.5) is 10.1 Å². The lowest BCUT2D eigenvalue weighted by Crippen LogP contribution is -2.16. The molecule has 0 fully saturated rings. The van der Waals surface area contributed by atoms with Crippen LogP contribution in [0.25, 0.3) is 0 Å². The highest BCUT2D eigenvalue weighted by Crippen LogP contribution is 2.12. The smallest absolute Gasteiger partial charge is 0.123 e. The largest absolute Gasteiger partial charge is 0.378 e. The van der Waals surface area contributed by atoms with Gasteiger partial charge in [-0.15, -0.1) is 12.4 Å². The van der Waals surface area contributed by atoms with E-state index in [9.17, 15) is 4.39 Å². The van der Waals surface area contributed by atoms with E-state index >= 15 is 0 Å². The van der Waals surface area contributed by atoms with Crippen LogP contribution in [-0.4, -0.2) is 20.6 Å². The standard InChI is InChI=1S/C17H21FN2.ClH/c1-20(2)17-9-5-15(6-10-17)13-19-12-11-14-3-7-16(18)8-4-14;/h3-10,19H,11-13H2,1-2H3;1H. The van der Waals surface area contributed by atoms with Crippen molar-refractivity contribution in [3.63, 3.8) is 0 Å². The molecule has 0 bridgehead atoms. The second-order valence-corrected chi connectivity index (χ2v) is 5.11. The van der Waals surface area contributed by atoms with Crippen LogP contribution >= 0.6 is 12.4 Å². The molecule has 0 saturated heterocycles. The van der Waals surface area contributed by atoms with Gasteiger partial charge in [-0.3, -0.25) is 0 Å². The zero-order valence-corrected chi connectivity index (χ0v) is 13.3. The van der Waals surface area contributed by atoms with Crippen molar-refractivity contribution in [2.45, 2.75) is 13.0 Å². The Hall–Kier alpha value is -1.58. The fourth-order valence-electron chi connectivity index (χ4n) is 2.03. The molecule has 0 amide bonds. The number of nitrogens with zero attached hydrogens (tertiary/aromatic N) is 1. The number of benzene rings is 2. The predicted molar refractivity (Wildman–Crippen MR) is 89.8 cm³/mol. The zero-order chi connectivity index (χ0) is 14.4. The summed E-state index contributed by atoms with van der Waals surface area (Å²) in [6.45, 7) is 1.75. The van der Waals surface area contributed by atoms with Gasteiger partial charge in [0.05, 0.1) is 0 Å². The van der Waals surface area contributed by atoms with E-state index in [4.69, 9.17) is 0 Å². The summed E-state index contributed by atoms with van der Waals surface area (Å²) in [5, 5.41) is 3.41. The summed E-state index contributed by atoms with van der Waals surface area (Å²) in [6.07, 6.45) is 0.913. The number of hydrogen-bond donors (Lipinski definition) is 1. The summed E-state index contributed by atoms with van der Waals surface area (Å²) in [5.41, 5.74) is 3.64. The summed E-state index contributed by atoms with van der Waals surface area (Å²) in [6, 6.07) is 15.2. The maximum atomic E-state index is 12.8. The molecule has 0 aliphatic heterocycles. The van der Waals surface area contributed by atoms with E-state index in [0.29, 0.717) is 0 Å². The number of rotatable bonds is 6. The van der Waals surface area contributed by atoms with Crippen LogP contribution in [0.3, 0.4) is 0 Å². The van der Waals surface area contributed by atoms with Gasteiger partial charge in [0, 0.05) is 26.3 Å². The molecule has 0 aromatic heterocycles. The van der Waals surface area contributed by atoms with Crippen LogP contribution in [0.5, 0.6) is 0 Å². The highest BCUT2D eigenvalue weighted by atomic mass is 35.5. The normalized spacial score (nSPS) is 10.0. The van der Waals surface area contributed by atoms with Gasteiger partial charge in [-0.1, -0.05) is 24.3 Å². The maximum Gasteiger partial charge on any atom is 0.123 e. The molecule has 0 radical (unpaired) electrons. The molecule has 0 spiro atoms. The summed E-state index contributed by atoms with van der Waals surface area (Å²) < 4.78 is 12.8.